The summed E-state index contributed by atoms with van der Waals surface area (Å²) >= 11 is 0. The first-order chi connectivity index (χ1) is 8.00. The summed E-state index contributed by atoms with van der Waals surface area (Å²) in [5.74, 6) is -1.14. The summed E-state index contributed by atoms with van der Waals surface area (Å²) < 4.78 is 51.4. The van der Waals surface area contributed by atoms with Crippen molar-refractivity contribution in [1.29, 1.82) is 0 Å². The normalized spacial score (nSPS) is 21.5. The fourth-order valence-electron chi connectivity index (χ4n) is 2.16. The number of hydrogen-bond acceptors (Lipinski definition) is 1. The Bertz CT molecular complexity index is 394. The minimum Gasteiger partial charge on any atom is -0.310 e. The fourth-order valence-corrected chi connectivity index (χ4v) is 2.16. The van der Waals surface area contributed by atoms with E-state index < -0.39 is 17.6 Å². The monoisotopic (exact) mass is 247 g/mol. The number of halogens is 4. The number of benzene rings is 1. The van der Waals surface area contributed by atoms with Gasteiger partial charge in [-0.3, -0.25) is 0 Å². The molecule has 0 saturated carbocycles. The van der Waals surface area contributed by atoms with Crippen molar-refractivity contribution in [2.45, 2.75) is 31.5 Å². The van der Waals surface area contributed by atoms with Crippen molar-refractivity contribution in [3.8, 4) is 0 Å². The SMILES string of the molecule is Fc1c(C2CCCCN2)cccc1C(F)(F)F. The van der Waals surface area contributed by atoms with Crippen molar-refractivity contribution in [2.24, 2.45) is 0 Å². The van der Waals surface area contributed by atoms with E-state index >= 15 is 0 Å². The smallest absolute Gasteiger partial charge is 0.310 e. The van der Waals surface area contributed by atoms with Crippen molar-refractivity contribution in [3.63, 3.8) is 0 Å². The van der Waals surface area contributed by atoms with Crippen molar-refractivity contribution in [3.05, 3.63) is 35.1 Å². The lowest BCUT2D eigenvalue weighted by molar-refractivity contribution is -0.140. The predicted molar refractivity (Wildman–Crippen MR) is 56.0 cm³/mol. The number of hydrogen-bond donors (Lipinski definition) is 1. The van der Waals surface area contributed by atoms with Crippen LogP contribution in [-0.4, -0.2) is 6.54 Å². The Labute approximate surface area is 96.8 Å². The van der Waals surface area contributed by atoms with E-state index in [0.29, 0.717) is 6.42 Å². The van der Waals surface area contributed by atoms with Crippen molar-refractivity contribution >= 4 is 0 Å². The molecule has 94 valence electrons. The predicted octanol–water partition coefficient (Wildman–Crippen LogP) is 3.66. The first-order valence-corrected chi connectivity index (χ1v) is 5.59. The van der Waals surface area contributed by atoms with E-state index in [9.17, 15) is 17.6 Å². The van der Waals surface area contributed by atoms with E-state index in [-0.39, 0.29) is 11.6 Å². The highest BCUT2D eigenvalue weighted by atomic mass is 19.4. The zero-order chi connectivity index (χ0) is 12.5. The average Bonchev–Trinajstić information content (AvgIpc) is 2.29. The van der Waals surface area contributed by atoms with Gasteiger partial charge in [-0.05, 0) is 25.5 Å². The molecule has 5 heteroatoms. The van der Waals surface area contributed by atoms with Gasteiger partial charge >= 0.3 is 6.18 Å². The maximum Gasteiger partial charge on any atom is 0.419 e. The lowest BCUT2D eigenvalue weighted by atomic mass is 9.95. The molecule has 0 bridgehead atoms. The molecule has 0 radical (unpaired) electrons. The summed E-state index contributed by atoms with van der Waals surface area (Å²) in [7, 11) is 0. The number of nitrogens with one attached hydrogen (secondary N) is 1. The second-order valence-electron chi connectivity index (χ2n) is 4.21. The first-order valence-electron chi connectivity index (χ1n) is 5.59. The molecular formula is C12H13F4N. The maximum absolute atomic E-state index is 13.8. The summed E-state index contributed by atoms with van der Waals surface area (Å²) in [5, 5.41) is 3.05. The quantitative estimate of drug-likeness (QED) is 0.747. The highest BCUT2D eigenvalue weighted by molar-refractivity contribution is 5.30. The average molecular weight is 247 g/mol. The molecule has 1 aliphatic heterocycles. The minimum atomic E-state index is -4.63. The second kappa shape index (κ2) is 4.64. The van der Waals surface area contributed by atoms with Gasteiger partial charge in [-0.1, -0.05) is 18.6 Å². The molecule has 0 aliphatic carbocycles. The Balaban J connectivity index is 2.35. The van der Waals surface area contributed by atoms with Crippen LogP contribution in [0, 0.1) is 5.82 Å². The Kier molecular flexibility index (Phi) is 3.38. The van der Waals surface area contributed by atoms with Gasteiger partial charge in [0.25, 0.3) is 0 Å². The van der Waals surface area contributed by atoms with Gasteiger partial charge in [0.2, 0.25) is 0 Å². The summed E-state index contributed by atoms with van der Waals surface area (Å²) in [4.78, 5) is 0. The molecule has 17 heavy (non-hydrogen) atoms. The van der Waals surface area contributed by atoms with Crippen molar-refractivity contribution in [2.75, 3.05) is 6.54 Å². The lowest BCUT2D eigenvalue weighted by Crippen LogP contribution is -2.28. The summed E-state index contributed by atoms with van der Waals surface area (Å²) in [5.41, 5.74) is -1.05. The van der Waals surface area contributed by atoms with Crippen molar-refractivity contribution in [1.82, 2.24) is 5.32 Å². The summed E-state index contributed by atoms with van der Waals surface area (Å²) in [6.45, 7) is 0.723. The highest BCUT2D eigenvalue weighted by Crippen LogP contribution is 2.35. The van der Waals surface area contributed by atoms with Gasteiger partial charge in [-0.2, -0.15) is 13.2 Å². The molecule has 1 unspecified atom stereocenters. The third-order valence-electron chi connectivity index (χ3n) is 3.02. The minimum absolute atomic E-state index is 0.125. The Morgan fingerprint density at radius 3 is 2.53 bits per heavy atom. The first kappa shape index (κ1) is 12.4. The van der Waals surface area contributed by atoms with Gasteiger partial charge in [0.05, 0.1) is 5.56 Å². The van der Waals surface area contributed by atoms with E-state index in [4.69, 9.17) is 0 Å². The molecule has 0 amide bonds. The van der Waals surface area contributed by atoms with Crippen molar-refractivity contribution < 1.29 is 17.6 Å². The molecule has 1 aliphatic rings. The van der Waals surface area contributed by atoms with E-state index in [2.05, 4.69) is 5.32 Å². The molecule has 1 aromatic rings. The van der Waals surface area contributed by atoms with Crippen LogP contribution in [0.3, 0.4) is 0 Å². The molecule has 1 atom stereocenters. The van der Waals surface area contributed by atoms with Gasteiger partial charge in [-0.15, -0.1) is 0 Å². The van der Waals surface area contributed by atoms with Gasteiger partial charge in [0.15, 0.2) is 0 Å². The Morgan fingerprint density at radius 2 is 1.94 bits per heavy atom. The zero-order valence-corrected chi connectivity index (χ0v) is 9.15. The molecule has 1 aromatic carbocycles. The van der Waals surface area contributed by atoms with Gasteiger partial charge in [0.1, 0.15) is 5.82 Å². The number of rotatable bonds is 1. The molecule has 2 rings (SSSR count). The molecule has 1 N–H and O–H groups in total. The van der Waals surface area contributed by atoms with E-state index in [1.165, 1.54) is 12.1 Å². The molecule has 0 aromatic heterocycles. The number of piperidine rings is 1. The third kappa shape index (κ3) is 2.60. The van der Waals surface area contributed by atoms with Crippen LogP contribution < -0.4 is 5.32 Å². The van der Waals surface area contributed by atoms with Crippen LogP contribution >= 0.6 is 0 Å². The highest BCUT2D eigenvalue weighted by Gasteiger charge is 2.35. The maximum atomic E-state index is 13.8. The van der Waals surface area contributed by atoms with Gasteiger partial charge in [-0.25, -0.2) is 4.39 Å². The number of alkyl halides is 3. The standard InChI is InChI=1S/C12H13F4N/c13-11-8(10-6-1-2-7-17-10)4-3-5-9(11)12(14,15)16/h3-5,10,17H,1-2,6-7H2. The van der Waals surface area contributed by atoms with Gasteiger partial charge < -0.3 is 5.32 Å². The van der Waals surface area contributed by atoms with Gasteiger partial charge in [0, 0.05) is 11.6 Å². The van der Waals surface area contributed by atoms with E-state index in [0.717, 1.165) is 25.5 Å². The van der Waals surface area contributed by atoms with Crippen LogP contribution in [0.15, 0.2) is 18.2 Å². The van der Waals surface area contributed by atoms with Crippen LogP contribution in [0.4, 0.5) is 17.6 Å². The summed E-state index contributed by atoms with van der Waals surface area (Å²) in [6, 6.07) is 3.17. The van der Waals surface area contributed by atoms with Crippen LogP contribution in [0.2, 0.25) is 0 Å². The Hall–Kier alpha value is -1.10. The molecule has 1 saturated heterocycles. The zero-order valence-electron chi connectivity index (χ0n) is 9.15. The van der Waals surface area contributed by atoms with Crippen LogP contribution in [0.5, 0.6) is 0 Å². The van der Waals surface area contributed by atoms with Crippen LogP contribution in [-0.2, 0) is 6.18 Å². The topological polar surface area (TPSA) is 12.0 Å². The van der Waals surface area contributed by atoms with Crippen LogP contribution in [0.25, 0.3) is 0 Å². The molecule has 1 fully saturated rings. The van der Waals surface area contributed by atoms with Crippen LogP contribution in [0.1, 0.15) is 36.4 Å². The molecule has 0 spiro atoms. The Morgan fingerprint density at radius 1 is 1.18 bits per heavy atom. The third-order valence-corrected chi connectivity index (χ3v) is 3.02. The largest absolute Gasteiger partial charge is 0.419 e. The van der Waals surface area contributed by atoms with E-state index in [1.807, 2.05) is 0 Å². The van der Waals surface area contributed by atoms with E-state index in [1.54, 1.807) is 0 Å². The molecule has 1 heterocycles. The second-order valence-corrected chi connectivity index (χ2v) is 4.21. The summed E-state index contributed by atoms with van der Waals surface area (Å²) in [6.07, 6.45) is -2.06. The fraction of sp³-hybridized carbons (Fsp3) is 0.500. The lowest BCUT2D eigenvalue weighted by Gasteiger charge is -2.25. The molecule has 1 nitrogen and oxygen atoms in total. The molecular weight excluding hydrogens is 234 g/mol.